The number of benzene rings is 2. The molecule has 2 aromatic carbocycles. The Bertz CT molecular complexity index is 911. The number of Topliss-reactive ketones (excluding diaryl/α,β-unsaturated/α-hetero) is 1. The number of aryl methyl sites for hydroxylation is 1. The molecular weight excluding hydrogens is 368 g/mol. The van der Waals surface area contributed by atoms with Crippen LogP contribution in [0, 0.1) is 12.8 Å². The van der Waals surface area contributed by atoms with Crippen molar-refractivity contribution in [3.63, 3.8) is 0 Å². The summed E-state index contributed by atoms with van der Waals surface area (Å²) in [5.74, 6) is 1.28. The largest absolute Gasteiger partial charge is 0.494 e. The molecule has 0 bridgehead atoms. The van der Waals surface area contributed by atoms with Gasteiger partial charge < -0.3 is 9.64 Å². The van der Waals surface area contributed by atoms with Crippen LogP contribution in [0.25, 0.3) is 10.2 Å². The van der Waals surface area contributed by atoms with E-state index in [9.17, 15) is 4.79 Å². The molecule has 1 aromatic heterocycles. The summed E-state index contributed by atoms with van der Waals surface area (Å²) in [4.78, 5) is 19.8. The van der Waals surface area contributed by atoms with E-state index in [0.29, 0.717) is 5.01 Å². The van der Waals surface area contributed by atoms with Crippen molar-refractivity contribution in [3.8, 4) is 5.75 Å². The van der Waals surface area contributed by atoms with Gasteiger partial charge in [0, 0.05) is 12.5 Å². The molecule has 1 saturated heterocycles. The maximum absolute atomic E-state index is 12.8. The molecule has 1 fully saturated rings. The van der Waals surface area contributed by atoms with Gasteiger partial charge in [0.1, 0.15) is 5.75 Å². The fraction of sp³-hybridized carbons (Fsp3) is 0.391. The molecule has 4 nitrogen and oxygen atoms in total. The molecule has 0 atom stereocenters. The summed E-state index contributed by atoms with van der Waals surface area (Å²) in [5, 5.41) is 0.672. The van der Waals surface area contributed by atoms with E-state index in [-0.39, 0.29) is 11.7 Å². The summed E-state index contributed by atoms with van der Waals surface area (Å²) >= 11 is 1.52. The van der Waals surface area contributed by atoms with Gasteiger partial charge in [-0.1, -0.05) is 24.3 Å². The zero-order chi connectivity index (χ0) is 19.3. The minimum Gasteiger partial charge on any atom is -0.494 e. The normalized spacial score (nSPS) is 15.8. The molecule has 0 unspecified atom stereocenters. The van der Waals surface area contributed by atoms with Crippen LogP contribution in [0.15, 0.2) is 48.5 Å². The Morgan fingerprint density at radius 2 is 2.00 bits per heavy atom. The molecule has 1 aliphatic rings. The third kappa shape index (κ3) is 4.59. The first-order chi connectivity index (χ1) is 13.7. The molecule has 0 spiro atoms. The van der Waals surface area contributed by atoms with Crippen LogP contribution in [-0.4, -0.2) is 41.9 Å². The molecule has 4 rings (SSSR count). The summed E-state index contributed by atoms with van der Waals surface area (Å²) in [6.07, 6.45) is 2.85. The van der Waals surface area contributed by atoms with Crippen molar-refractivity contribution in [3.05, 3.63) is 59.1 Å². The molecule has 3 aromatic rings. The lowest BCUT2D eigenvalue weighted by molar-refractivity contribution is 0.0835. The highest BCUT2D eigenvalue weighted by atomic mass is 32.1. The van der Waals surface area contributed by atoms with E-state index in [4.69, 9.17) is 4.74 Å². The van der Waals surface area contributed by atoms with Crippen LogP contribution in [0.5, 0.6) is 5.75 Å². The summed E-state index contributed by atoms with van der Waals surface area (Å²) < 4.78 is 6.93. The highest BCUT2D eigenvalue weighted by Crippen LogP contribution is 2.27. The van der Waals surface area contributed by atoms with E-state index < -0.39 is 0 Å². The first-order valence-electron chi connectivity index (χ1n) is 10.0. The van der Waals surface area contributed by atoms with Crippen molar-refractivity contribution >= 4 is 27.3 Å². The minimum absolute atomic E-state index is 0.111. The van der Waals surface area contributed by atoms with E-state index in [2.05, 4.69) is 28.9 Å². The van der Waals surface area contributed by atoms with Gasteiger partial charge in [0.05, 0.1) is 16.8 Å². The summed E-state index contributed by atoms with van der Waals surface area (Å²) in [7, 11) is 0. The number of hydrogen-bond donors (Lipinski definition) is 0. The predicted octanol–water partition coefficient (Wildman–Crippen LogP) is 4.97. The van der Waals surface area contributed by atoms with Gasteiger partial charge in [0.25, 0.3) is 0 Å². The summed E-state index contributed by atoms with van der Waals surface area (Å²) in [6, 6.07) is 16.2. The van der Waals surface area contributed by atoms with Crippen LogP contribution >= 0.6 is 11.3 Å². The smallest absolute Gasteiger partial charge is 0.194 e. The standard InChI is InChI=1S/C23H26N2O2S/c1-17-6-4-7-19(16-17)27-15-5-12-25-13-10-18(11-14-25)22(26)23-24-20-8-2-3-9-21(20)28-23/h2-4,6-9,16,18H,5,10-15H2,1H3. The molecule has 146 valence electrons. The van der Waals surface area contributed by atoms with Crippen molar-refractivity contribution in [2.45, 2.75) is 26.2 Å². The molecule has 2 heterocycles. The molecule has 5 heteroatoms. The summed E-state index contributed by atoms with van der Waals surface area (Å²) in [6.45, 7) is 5.78. The maximum Gasteiger partial charge on any atom is 0.194 e. The average Bonchev–Trinajstić information content (AvgIpc) is 3.15. The Balaban J connectivity index is 1.21. The SMILES string of the molecule is Cc1cccc(OCCCN2CCC(C(=O)c3nc4ccccc4s3)CC2)c1. The van der Waals surface area contributed by atoms with Crippen LogP contribution in [0.1, 0.15) is 34.6 Å². The average molecular weight is 395 g/mol. The number of rotatable bonds is 7. The van der Waals surface area contributed by atoms with Gasteiger partial charge in [-0.25, -0.2) is 4.98 Å². The number of thiazole rings is 1. The van der Waals surface area contributed by atoms with Crippen molar-refractivity contribution in [2.24, 2.45) is 5.92 Å². The molecule has 28 heavy (non-hydrogen) atoms. The van der Waals surface area contributed by atoms with Crippen LogP contribution in [0.3, 0.4) is 0 Å². The Morgan fingerprint density at radius 1 is 1.18 bits per heavy atom. The van der Waals surface area contributed by atoms with Gasteiger partial charge in [0.15, 0.2) is 10.8 Å². The van der Waals surface area contributed by atoms with E-state index in [1.54, 1.807) is 0 Å². The first-order valence-corrected chi connectivity index (χ1v) is 10.8. The van der Waals surface area contributed by atoms with Crippen LogP contribution in [-0.2, 0) is 0 Å². The number of likely N-dealkylation sites (tertiary alicyclic amines) is 1. The number of ketones is 1. The highest BCUT2D eigenvalue weighted by molar-refractivity contribution is 7.20. The fourth-order valence-corrected chi connectivity index (χ4v) is 4.74. The van der Waals surface area contributed by atoms with Gasteiger partial charge in [0.2, 0.25) is 0 Å². The van der Waals surface area contributed by atoms with Crippen molar-refractivity contribution < 1.29 is 9.53 Å². The number of aromatic nitrogens is 1. The van der Waals surface area contributed by atoms with E-state index in [1.165, 1.54) is 16.9 Å². The van der Waals surface area contributed by atoms with Gasteiger partial charge in [-0.15, -0.1) is 11.3 Å². The second-order valence-corrected chi connectivity index (χ2v) is 8.52. The topological polar surface area (TPSA) is 42.4 Å². The number of fused-ring (bicyclic) bond motifs is 1. The van der Waals surface area contributed by atoms with Gasteiger partial charge in [-0.3, -0.25) is 4.79 Å². The van der Waals surface area contributed by atoms with E-state index >= 15 is 0 Å². The minimum atomic E-state index is 0.111. The highest BCUT2D eigenvalue weighted by Gasteiger charge is 2.27. The lowest BCUT2D eigenvalue weighted by Gasteiger charge is -2.30. The molecule has 1 aliphatic heterocycles. The zero-order valence-corrected chi connectivity index (χ0v) is 17.1. The maximum atomic E-state index is 12.8. The Hall–Kier alpha value is -2.24. The number of hydrogen-bond acceptors (Lipinski definition) is 5. The molecular formula is C23H26N2O2S. The lowest BCUT2D eigenvalue weighted by Crippen LogP contribution is -2.37. The second kappa shape index (κ2) is 8.84. The number of piperidine rings is 1. The predicted molar refractivity (Wildman–Crippen MR) is 114 cm³/mol. The van der Waals surface area contributed by atoms with Crippen LogP contribution < -0.4 is 4.74 Å². The van der Waals surface area contributed by atoms with Crippen molar-refractivity contribution in [1.82, 2.24) is 9.88 Å². The van der Waals surface area contributed by atoms with Gasteiger partial charge >= 0.3 is 0 Å². The first kappa shape index (κ1) is 19.1. The number of para-hydroxylation sites is 1. The number of ether oxygens (including phenoxy) is 1. The van der Waals surface area contributed by atoms with Crippen molar-refractivity contribution in [1.29, 1.82) is 0 Å². The quantitative estimate of drug-likeness (QED) is 0.419. The number of nitrogens with zero attached hydrogens (tertiary/aromatic N) is 2. The Morgan fingerprint density at radius 3 is 2.79 bits per heavy atom. The monoisotopic (exact) mass is 394 g/mol. The second-order valence-electron chi connectivity index (χ2n) is 7.49. The zero-order valence-electron chi connectivity index (χ0n) is 16.3. The van der Waals surface area contributed by atoms with Gasteiger partial charge in [-0.2, -0.15) is 0 Å². The molecule has 0 saturated carbocycles. The third-order valence-electron chi connectivity index (χ3n) is 5.34. The Labute approximate surface area is 170 Å². The fourth-order valence-electron chi connectivity index (χ4n) is 3.75. The molecule has 0 amide bonds. The molecule has 0 N–H and O–H groups in total. The van der Waals surface area contributed by atoms with Crippen LogP contribution in [0.4, 0.5) is 0 Å². The lowest BCUT2D eigenvalue weighted by atomic mass is 9.92. The van der Waals surface area contributed by atoms with E-state index in [0.717, 1.165) is 61.5 Å². The van der Waals surface area contributed by atoms with Crippen molar-refractivity contribution in [2.75, 3.05) is 26.2 Å². The number of carbonyl (C=O) groups excluding carboxylic acids is 1. The summed E-state index contributed by atoms with van der Waals surface area (Å²) in [5.41, 5.74) is 2.15. The number of carbonyl (C=O) groups is 1. The molecule has 0 aliphatic carbocycles. The van der Waals surface area contributed by atoms with Gasteiger partial charge in [-0.05, 0) is 69.1 Å². The van der Waals surface area contributed by atoms with E-state index in [1.807, 2.05) is 36.4 Å². The molecule has 0 radical (unpaired) electrons. The Kier molecular flexibility index (Phi) is 6.03. The van der Waals surface area contributed by atoms with Crippen LogP contribution in [0.2, 0.25) is 0 Å². The third-order valence-corrected chi connectivity index (χ3v) is 6.39.